The van der Waals surface area contributed by atoms with Crippen molar-refractivity contribution in [3.63, 3.8) is 0 Å². The molecular weight excluding hydrogens is 388 g/mol. The van der Waals surface area contributed by atoms with Gasteiger partial charge in [0.25, 0.3) is 5.91 Å². The normalized spacial score (nSPS) is 18.4. The Bertz CT molecular complexity index is 1080. The van der Waals surface area contributed by atoms with Crippen molar-refractivity contribution in [3.05, 3.63) is 82.2 Å². The van der Waals surface area contributed by atoms with Crippen molar-refractivity contribution in [1.82, 2.24) is 5.32 Å². The van der Waals surface area contributed by atoms with Gasteiger partial charge in [-0.2, -0.15) is 0 Å². The lowest BCUT2D eigenvalue weighted by molar-refractivity contribution is -0.116. The number of hydrogen-bond acceptors (Lipinski definition) is 4. The molecule has 0 bridgehead atoms. The average molecular weight is 417 g/mol. The van der Waals surface area contributed by atoms with E-state index in [9.17, 15) is 9.59 Å². The maximum Gasteiger partial charge on any atom is 0.254 e. The zero-order valence-corrected chi connectivity index (χ0v) is 18.2. The summed E-state index contributed by atoms with van der Waals surface area (Å²) < 4.78 is 5.58. The van der Waals surface area contributed by atoms with Gasteiger partial charge < -0.3 is 15.4 Å². The van der Waals surface area contributed by atoms with Gasteiger partial charge in [0.05, 0.1) is 6.61 Å². The molecule has 1 heterocycles. The molecule has 2 aromatic carbocycles. The van der Waals surface area contributed by atoms with E-state index in [0.717, 1.165) is 52.4 Å². The third-order valence-electron chi connectivity index (χ3n) is 5.94. The van der Waals surface area contributed by atoms with E-state index < -0.39 is 5.92 Å². The average Bonchev–Trinajstić information content (AvgIpc) is 2.75. The Hall–Kier alpha value is -3.34. The highest BCUT2D eigenvalue weighted by atomic mass is 16.5. The van der Waals surface area contributed by atoms with Gasteiger partial charge in [-0.15, -0.1) is 0 Å². The van der Waals surface area contributed by atoms with Gasteiger partial charge in [0.2, 0.25) is 0 Å². The number of carbonyl (C=O) groups is 2. The molecule has 5 nitrogen and oxygen atoms in total. The SMILES string of the molecule is CCOc1ccc(C2C(C(=O)Nc3ccccc3C)=C(C)NC3=C2C(=O)CCC3)cc1. The summed E-state index contributed by atoms with van der Waals surface area (Å²) in [5, 5.41) is 6.42. The number of benzene rings is 2. The van der Waals surface area contributed by atoms with Gasteiger partial charge >= 0.3 is 0 Å². The first-order valence-corrected chi connectivity index (χ1v) is 10.8. The van der Waals surface area contributed by atoms with Crippen LogP contribution in [0.25, 0.3) is 0 Å². The van der Waals surface area contributed by atoms with Gasteiger partial charge in [0.1, 0.15) is 5.75 Å². The molecule has 1 atom stereocenters. The molecule has 5 heteroatoms. The summed E-state index contributed by atoms with van der Waals surface area (Å²) in [6.07, 6.45) is 2.16. The van der Waals surface area contributed by atoms with E-state index in [-0.39, 0.29) is 11.7 Å². The maximum absolute atomic E-state index is 13.5. The summed E-state index contributed by atoms with van der Waals surface area (Å²) in [4.78, 5) is 26.5. The standard InChI is InChI=1S/C26H28N2O3/c1-4-31-19-14-12-18(13-15-19)24-23(26(30)28-20-9-6-5-8-16(20)2)17(3)27-21-10-7-11-22(29)25(21)24/h5-6,8-9,12-15,24,27H,4,7,10-11H2,1-3H3,(H,28,30). The van der Waals surface area contributed by atoms with Gasteiger partial charge in [-0.05, 0) is 62.9 Å². The summed E-state index contributed by atoms with van der Waals surface area (Å²) in [6.45, 7) is 6.41. The third kappa shape index (κ3) is 4.13. The topological polar surface area (TPSA) is 67.4 Å². The lowest BCUT2D eigenvalue weighted by atomic mass is 9.75. The highest BCUT2D eigenvalue weighted by Gasteiger charge is 2.38. The van der Waals surface area contributed by atoms with Gasteiger partial charge in [-0.3, -0.25) is 9.59 Å². The molecule has 1 amide bonds. The first kappa shape index (κ1) is 20.9. The van der Waals surface area contributed by atoms with E-state index in [1.165, 1.54) is 0 Å². The van der Waals surface area contributed by atoms with Crippen LogP contribution >= 0.6 is 0 Å². The Balaban J connectivity index is 1.77. The number of rotatable bonds is 5. The zero-order chi connectivity index (χ0) is 22.0. The van der Waals surface area contributed by atoms with E-state index in [1.54, 1.807) is 0 Å². The highest BCUT2D eigenvalue weighted by Crippen LogP contribution is 2.42. The van der Waals surface area contributed by atoms with Crippen LogP contribution in [0.1, 0.15) is 50.2 Å². The molecule has 0 saturated heterocycles. The van der Waals surface area contributed by atoms with Crippen LogP contribution in [-0.2, 0) is 9.59 Å². The monoisotopic (exact) mass is 416 g/mol. The molecule has 31 heavy (non-hydrogen) atoms. The van der Waals surface area contributed by atoms with E-state index in [2.05, 4.69) is 10.6 Å². The number of nitrogens with one attached hydrogen (secondary N) is 2. The molecule has 2 aliphatic rings. The molecule has 1 aliphatic heterocycles. The Morgan fingerprint density at radius 2 is 1.84 bits per heavy atom. The summed E-state index contributed by atoms with van der Waals surface area (Å²) in [6, 6.07) is 15.4. The number of anilines is 1. The first-order chi connectivity index (χ1) is 15.0. The number of carbonyl (C=O) groups excluding carboxylic acids is 2. The van der Waals surface area contributed by atoms with Crippen molar-refractivity contribution in [2.45, 2.75) is 46.0 Å². The Kier molecular flexibility index (Phi) is 5.94. The number of aryl methyl sites for hydroxylation is 1. The van der Waals surface area contributed by atoms with Crippen molar-refractivity contribution in [1.29, 1.82) is 0 Å². The van der Waals surface area contributed by atoms with Gasteiger partial charge in [0.15, 0.2) is 5.78 Å². The molecule has 0 fully saturated rings. The van der Waals surface area contributed by atoms with E-state index in [1.807, 2.05) is 69.3 Å². The van der Waals surface area contributed by atoms with E-state index >= 15 is 0 Å². The van der Waals surface area contributed by atoms with Crippen LogP contribution < -0.4 is 15.4 Å². The van der Waals surface area contributed by atoms with E-state index in [4.69, 9.17) is 4.74 Å². The molecule has 4 rings (SSSR count). The number of Topliss-reactive ketones (excluding diaryl/α,β-unsaturated/α-hetero) is 1. The summed E-state index contributed by atoms with van der Waals surface area (Å²) in [5.41, 5.74) is 5.72. The fourth-order valence-electron chi connectivity index (χ4n) is 4.44. The fraction of sp³-hybridized carbons (Fsp3) is 0.308. The molecule has 0 radical (unpaired) electrons. The third-order valence-corrected chi connectivity index (χ3v) is 5.94. The molecule has 0 spiro atoms. The van der Waals surface area contributed by atoms with Crippen LogP contribution in [-0.4, -0.2) is 18.3 Å². The van der Waals surface area contributed by atoms with Crippen molar-refractivity contribution in [2.24, 2.45) is 0 Å². The minimum Gasteiger partial charge on any atom is -0.494 e. The molecule has 2 aromatic rings. The lowest BCUT2D eigenvalue weighted by Gasteiger charge is -2.34. The van der Waals surface area contributed by atoms with Crippen LogP contribution in [0, 0.1) is 6.92 Å². The predicted molar refractivity (Wildman–Crippen MR) is 122 cm³/mol. The Morgan fingerprint density at radius 3 is 2.55 bits per heavy atom. The van der Waals surface area contributed by atoms with Crippen LogP contribution in [0.2, 0.25) is 0 Å². The van der Waals surface area contributed by atoms with Gasteiger partial charge in [-0.1, -0.05) is 30.3 Å². The molecule has 160 valence electrons. The minimum absolute atomic E-state index is 0.112. The molecular formula is C26H28N2O3. The van der Waals surface area contributed by atoms with Gasteiger partial charge in [0, 0.05) is 40.6 Å². The first-order valence-electron chi connectivity index (χ1n) is 10.8. The second-order valence-electron chi connectivity index (χ2n) is 8.04. The largest absolute Gasteiger partial charge is 0.494 e. The second-order valence-corrected chi connectivity index (χ2v) is 8.04. The molecule has 1 aliphatic carbocycles. The zero-order valence-electron chi connectivity index (χ0n) is 18.2. The van der Waals surface area contributed by atoms with Crippen molar-refractivity contribution < 1.29 is 14.3 Å². The Labute approximate surface area is 183 Å². The van der Waals surface area contributed by atoms with Crippen LogP contribution in [0.3, 0.4) is 0 Å². The van der Waals surface area contributed by atoms with E-state index in [0.29, 0.717) is 18.6 Å². The van der Waals surface area contributed by atoms with Crippen molar-refractivity contribution in [2.75, 3.05) is 11.9 Å². The quantitative estimate of drug-likeness (QED) is 0.720. The van der Waals surface area contributed by atoms with Crippen molar-refractivity contribution in [3.8, 4) is 5.75 Å². The van der Waals surface area contributed by atoms with Gasteiger partial charge in [-0.25, -0.2) is 0 Å². The number of ketones is 1. The van der Waals surface area contributed by atoms with Crippen LogP contribution in [0.4, 0.5) is 5.69 Å². The summed E-state index contributed by atoms with van der Waals surface area (Å²) in [7, 11) is 0. The predicted octanol–water partition coefficient (Wildman–Crippen LogP) is 5.00. The van der Waals surface area contributed by atoms with Crippen LogP contribution in [0.5, 0.6) is 5.75 Å². The number of dihydropyridines is 1. The number of para-hydroxylation sites is 1. The summed E-state index contributed by atoms with van der Waals surface area (Å²) >= 11 is 0. The molecule has 2 N–H and O–H groups in total. The minimum atomic E-state index is -0.399. The Morgan fingerprint density at radius 1 is 1.10 bits per heavy atom. The summed E-state index contributed by atoms with van der Waals surface area (Å²) in [5.74, 6) is 0.296. The number of amides is 1. The van der Waals surface area contributed by atoms with Crippen LogP contribution in [0.15, 0.2) is 71.1 Å². The fourth-order valence-corrected chi connectivity index (χ4v) is 4.44. The molecule has 0 saturated carbocycles. The molecule has 0 aromatic heterocycles. The smallest absolute Gasteiger partial charge is 0.254 e. The number of hydrogen-bond donors (Lipinski definition) is 2. The van der Waals surface area contributed by atoms with Crippen molar-refractivity contribution >= 4 is 17.4 Å². The second kappa shape index (κ2) is 8.80. The number of ether oxygens (including phenoxy) is 1. The highest BCUT2D eigenvalue weighted by molar-refractivity contribution is 6.10. The number of allylic oxidation sites excluding steroid dienone is 3. The maximum atomic E-state index is 13.5. The lowest BCUT2D eigenvalue weighted by Crippen LogP contribution is -2.35. The molecule has 1 unspecified atom stereocenters.